The monoisotopic (exact) mass is 250 g/mol. The van der Waals surface area contributed by atoms with E-state index >= 15 is 0 Å². The highest BCUT2D eigenvalue weighted by atomic mass is 35.5. The second kappa shape index (κ2) is 4.18. The second-order valence-corrected chi connectivity index (χ2v) is 5.90. The highest BCUT2D eigenvalue weighted by molar-refractivity contribution is 6.33. The van der Waals surface area contributed by atoms with Crippen molar-refractivity contribution in [3.8, 4) is 0 Å². The molecule has 0 amide bonds. The summed E-state index contributed by atoms with van der Waals surface area (Å²) in [6.45, 7) is 5.53. The third-order valence-corrected chi connectivity index (χ3v) is 4.42. The van der Waals surface area contributed by atoms with Crippen LogP contribution in [-0.2, 0) is 0 Å². The number of para-hydroxylation sites is 1. The molecule has 92 valence electrons. The van der Waals surface area contributed by atoms with Crippen LogP contribution in [0.15, 0.2) is 24.3 Å². The normalized spacial score (nSPS) is 29.4. The van der Waals surface area contributed by atoms with Crippen LogP contribution in [0.3, 0.4) is 0 Å². The maximum Gasteiger partial charge on any atom is 0.0639 e. The SMILES string of the molecule is CC1(C2CC2)CN(c2ccccc2Cl)CCN1. The van der Waals surface area contributed by atoms with Crippen molar-refractivity contribution in [3.05, 3.63) is 29.3 Å². The molecular weight excluding hydrogens is 232 g/mol. The number of nitrogens with zero attached hydrogens (tertiary/aromatic N) is 1. The molecule has 2 fully saturated rings. The van der Waals surface area contributed by atoms with Gasteiger partial charge in [0, 0.05) is 25.2 Å². The van der Waals surface area contributed by atoms with Crippen LogP contribution in [-0.4, -0.2) is 25.2 Å². The molecule has 1 saturated heterocycles. The Morgan fingerprint density at radius 1 is 1.35 bits per heavy atom. The van der Waals surface area contributed by atoms with Crippen molar-refractivity contribution in [1.82, 2.24) is 5.32 Å². The number of rotatable bonds is 2. The summed E-state index contributed by atoms with van der Waals surface area (Å²) in [7, 11) is 0. The lowest BCUT2D eigenvalue weighted by Gasteiger charge is -2.43. The zero-order valence-electron chi connectivity index (χ0n) is 10.2. The lowest BCUT2D eigenvalue weighted by Crippen LogP contribution is -2.60. The van der Waals surface area contributed by atoms with Crippen LogP contribution in [0, 0.1) is 5.92 Å². The standard InChI is InChI=1S/C14H19ClN2/c1-14(11-6-7-11)10-17(9-8-16-14)13-5-3-2-4-12(13)15/h2-5,11,16H,6-10H2,1H3. The highest BCUT2D eigenvalue weighted by Crippen LogP contribution is 2.41. The molecular formula is C14H19ClN2. The van der Waals surface area contributed by atoms with Gasteiger partial charge in [-0.05, 0) is 37.8 Å². The van der Waals surface area contributed by atoms with Gasteiger partial charge in [-0.15, -0.1) is 0 Å². The van der Waals surface area contributed by atoms with Gasteiger partial charge in [-0.3, -0.25) is 0 Å². The molecule has 1 heterocycles. The summed E-state index contributed by atoms with van der Waals surface area (Å²) in [6.07, 6.45) is 2.75. The molecule has 1 unspecified atom stereocenters. The quantitative estimate of drug-likeness (QED) is 0.868. The van der Waals surface area contributed by atoms with Crippen LogP contribution in [0.2, 0.25) is 5.02 Å². The highest BCUT2D eigenvalue weighted by Gasteiger charge is 2.44. The number of benzene rings is 1. The third kappa shape index (κ3) is 2.16. The van der Waals surface area contributed by atoms with Crippen molar-refractivity contribution < 1.29 is 0 Å². The van der Waals surface area contributed by atoms with Gasteiger partial charge in [0.1, 0.15) is 0 Å². The van der Waals surface area contributed by atoms with Gasteiger partial charge in [0.15, 0.2) is 0 Å². The van der Waals surface area contributed by atoms with Crippen LogP contribution >= 0.6 is 11.6 Å². The first kappa shape index (κ1) is 11.4. The summed E-state index contributed by atoms with van der Waals surface area (Å²) in [5.74, 6) is 0.854. The molecule has 1 N–H and O–H groups in total. The lowest BCUT2D eigenvalue weighted by atomic mass is 9.92. The molecule has 0 spiro atoms. The maximum atomic E-state index is 6.28. The van der Waals surface area contributed by atoms with E-state index < -0.39 is 0 Å². The maximum absolute atomic E-state index is 6.28. The van der Waals surface area contributed by atoms with Crippen molar-refractivity contribution in [2.75, 3.05) is 24.5 Å². The Hall–Kier alpha value is -0.730. The summed E-state index contributed by atoms with van der Waals surface area (Å²) in [6, 6.07) is 8.17. The van der Waals surface area contributed by atoms with Crippen LogP contribution in [0.4, 0.5) is 5.69 Å². The summed E-state index contributed by atoms with van der Waals surface area (Å²) < 4.78 is 0. The number of nitrogens with one attached hydrogen (secondary N) is 1. The Morgan fingerprint density at radius 3 is 2.82 bits per heavy atom. The summed E-state index contributed by atoms with van der Waals surface area (Å²) in [4.78, 5) is 2.43. The molecule has 1 saturated carbocycles. The summed E-state index contributed by atoms with van der Waals surface area (Å²) in [5.41, 5.74) is 1.46. The number of hydrogen-bond donors (Lipinski definition) is 1. The molecule has 1 aromatic rings. The van der Waals surface area contributed by atoms with Crippen molar-refractivity contribution in [3.63, 3.8) is 0 Å². The van der Waals surface area contributed by atoms with Crippen LogP contribution < -0.4 is 10.2 Å². The molecule has 1 aliphatic heterocycles. The fourth-order valence-corrected chi connectivity index (χ4v) is 3.17. The first-order valence-corrected chi connectivity index (χ1v) is 6.81. The lowest BCUT2D eigenvalue weighted by molar-refractivity contribution is 0.285. The van der Waals surface area contributed by atoms with E-state index in [9.17, 15) is 0 Å². The minimum Gasteiger partial charge on any atom is -0.367 e. The Balaban J connectivity index is 1.82. The van der Waals surface area contributed by atoms with Gasteiger partial charge in [0.2, 0.25) is 0 Å². The fraction of sp³-hybridized carbons (Fsp3) is 0.571. The van der Waals surface area contributed by atoms with Crippen molar-refractivity contribution in [2.24, 2.45) is 5.92 Å². The van der Waals surface area contributed by atoms with Gasteiger partial charge in [-0.2, -0.15) is 0 Å². The second-order valence-electron chi connectivity index (χ2n) is 5.49. The summed E-state index contributed by atoms with van der Waals surface area (Å²) in [5, 5.41) is 4.56. The van der Waals surface area contributed by atoms with E-state index in [1.807, 2.05) is 12.1 Å². The van der Waals surface area contributed by atoms with E-state index in [-0.39, 0.29) is 5.54 Å². The van der Waals surface area contributed by atoms with Crippen LogP contribution in [0.1, 0.15) is 19.8 Å². The number of piperazine rings is 1. The molecule has 1 aromatic carbocycles. The molecule has 2 aliphatic rings. The Morgan fingerprint density at radius 2 is 2.12 bits per heavy atom. The van der Waals surface area contributed by atoms with Gasteiger partial charge >= 0.3 is 0 Å². The largest absolute Gasteiger partial charge is 0.367 e. The minimum absolute atomic E-state index is 0.275. The van der Waals surface area contributed by atoms with E-state index in [0.29, 0.717) is 0 Å². The van der Waals surface area contributed by atoms with E-state index in [1.165, 1.54) is 18.5 Å². The first-order valence-electron chi connectivity index (χ1n) is 6.43. The van der Waals surface area contributed by atoms with Gasteiger partial charge in [-0.1, -0.05) is 23.7 Å². The first-order chi connectivity index (χ1) is 8.19. The average molecular weight is 251 g/mol. The average Bonchev–Trinajstić information content (AvgIpc) is 3.14. The number of anilines is 1. The van der Waals surface area contributed by atoms with E-state index in [0.717, 1.165) is 30.6 Å². The fourth-order valence-electron chi connectivity index (χ4n) is 2.92. The summed E-state index contributed by atoms with van der Waals surface area (Å²) >= 11 is 6.28. The van der Waals surface area contributed by atoms with E-state index in [1.54, 1.807) is 0 Å². The van der Waals surface area contributed by atoms with Crippen molar-refractivity contribution in [1.29, 1.82) is 0 Å². The number of halogens is 1. The Kier molecular flexibility index (Phi) is 2.80. The molecule has 17 heavy (non-hydrogen) atoms. The molecule has 1 atom stereocenters. The zero-order valence-corrected chi connectivity index (χ0v) is 11.0. The molecule has 3 rings (SSSR count). The molecule has 0 radical (unpaired) electrons. The molecule has 3 heteroatoms. The van der Waals surface area contributed by atoms with Gasteiger partial charge in [0.25, 0.3) is 0 Å². The van der Waals surface area contributed by atoms with Crippen molar-refractivity contribution in [2.45, 2.75) is 25.3 Å². The Bertz CT molecular complexity index is 416. The molecule has 0 aromatic heterocycles. The third-order valence-electron chi connectivity index (χ3n) is 4.10. The Labute approximate surface area is 108 Å². The van der Waals surface area contributed by atoms with E-state index in [4.69, 9.17) is 11.6 Å². The van der Waals surface area contributed by atoms with Gasteiger partial charge in [-0.25, -0.2) is 0 Å². The predicted molar refractivity (Wildman–Crippen MR) is 72.8 cm³/mol. The molecule has 1 aliphatic carbocycles. The number of hydrogen-bond acceptors (Lipinski definition) is 2. The molecule has 0 bridgehead atoms. The smallest absolute Gasteiger partial charge is 0.0639 e. The van der Waals surface area contributed by atoms with Crippen LogP contribution in [0.5, 0.6) is 0 Å². The van der Waals surface area contributed by atoms with Gasteiger partial charge in [0.05, 0.1) is 10.7 Å². The zero-order chi connectivity index (χ0) is 11.9. The topological polar surface area (TPSA) is 15.3 Å². The molecule has 2 nitrogen and oxygen atoms in total. The predicted octanol–water partition coefficient (Wildman–Crippen LogP) is 2.92. The van der Waals surface area contributed by atoms with Gasteiger partial charge < -0.3 is 10.2 Å². The minimum atomic E-state index is 0.275. The van der Waals surface area contributed by atoms with E-state index in [2.05, 4.69) is 29.3 Å². The van der Waals surface area contributed by atoms with Crippen molar-refractivity contribution >= 4 is 17.3 Å². The van der Waals surface area contributed by atoms with Crippen LogP contribution in [0.25, 0.3) is 0 Å².